The van der Waals surface area contributed by atoms with E-state index in [9.17, 15) is 14.4 Å². The Morgan fingerprint density at radius 2 is 2.04 bits per heavy atom. The van der Waals surface area contributed by atoms with E-state index in [2.05, 4.69) is 15.4 Å². The third-order valence-electron chi connectivity index (χ3n) is 3.92. The van der Waals surface area contributed by atoms with Crippen molar-refractivity contribution in [3.05, 3.63) is 61.6 Å². The van der Waals surface area contributed by atoms with Crippen LogP contribution in [0.4, 0.5) is 0 Å². The van der Waals surface area contributed by atoms with Gasteiger partial charge in [0.15, 0.2) is 5.65 Å². The number of rotatable bonds is 3. The van der Waals surface area contributed by atoms with Crippen LogP contribution in [0.5, 0.6) is 0 Å². The molecular weight excluding hydrogens is 332 g/mol. The largest absolute Gasteiger partial charge is 0.349 e. The number of carbonyl (C=O) groups excluding carboxylic acids is 1. The topological polar surface area (TPSA) is 99.2 Å². The number of carbonyl (C=O) groups is 1. The molecule has 0 spiro atoms. The first-order chi connectivity index (χ1) is 11.5. The van der Waals surface area contributed by atoms with Crippen molar-refractivity contribution >= 4 is 23.2 Å². The Balaban J connectivity index is 1.91. The maximum absolute atomic E-state index is 12.3. The summed E-state index contributed by atoms with van der Waals surface area (Å²) in [6.07, 6.45) is 1.80. The maximum atomic E-state index is 12.3. The van der Waals surface area contributed by atoms with Crippen LogP contribution in [0.15, 0.2) is 39.9 Å². The number of benzene rings is 1. The Kier molecular flexibility index (Phi) is 3.31. The quantitative estimate of drug-likeness (QED) is 0.671. The molecule has 0 atom stereocenters. The van der Waals surface area contributed by atoms with Gasteiger partial charge < -0.3 is 10.3 Å². The lowest BCUT2D eigenvalue weighted by Gasteiger charge is -2.05. The van der Waals surface area contributed by atoms with Crippen molar-refractivity contribution in [1.29, 1.82) is 0 Å². The molecular formula is C16H13ClN4O3. The van der Waals surface area contributed by atoms with E-state index in [1.54, 1.807) is 24.3 Å². The number of nitrogens with zero attached hydrogens (tertiary/aromatic N) is 1. The van der Waals surface area contributed by atoms with Gasteiger partial charge in [0.1, 0.15) is 5.56 Å². The molecule has 0 radical (unpaired) electrons. The minimum absolute atomic E-state index is 0.0946. The summed E-state index contributed by atoms with van der Waals surface area (Å²) in [6, 6.07) is 8.40. The second kappa shape index (κ2) is 5.38. The summed E-state index contributed by atoms with van der Waals surface area (Å²) in [4.78, 5) is 39.7. The van der Waals surface area contributed by atoms with Crippen LogP contribution in [0.3, 0.4) is 0 Å². The first-order valence-corrected chi connectivity index (χ1v) is 7.85. The maximum Gasteiger partial charge on any atom is 0.279 e. The highest BCUT2D eigenvalue weighted by molar-refractivity contribution is 6.30. The van der Waals surface area contributed by atoms with Gasteiger partial charge in [0.05, 0.1) is 5.69 Å². The molecule has 3 aromatic rings. The van der Waals surface area contributed by atoms with E-state index in [0.29, 0.717) is 16.3 Å². The fraction of sp³-hybridized carbons (Fsp3) is 0.188. The normalized spacial score (nSPS) is 14.0. The van der Waals surface area contributed by atoms with Crippen LogP contribution in [-0.4, -0.2) is 26.5 Å². The van der Waals surface area contributed by atoms with Crippen LogP contribution in [0, 0.1) is 0 Å². The molecule has 1 aliphatic rings. The molecule has 1 aliphatic carbocycles. The van der Waals surface area contributed by atoms with Gasteiger partial charge in [-0.1, -0.05) is 23.7 Å². The number of hydrogen-bond donors (Lipinski definition) is 3. The molecule has 0 saturated heterocycles. The van der Waals surface area contributed by atoms with Crippen LogP contribution in [0.25, 0.3) is 16.9 Å². The number of aromatic nitrogens is 3. The highest BCUT2D eigenvalue weighted by atomic mass is 35.5. The Hall–Kier alpha value is -2.80. The summed E-state index contributed by atoms with van der Waals surface area (Å²) >= 11 is 5.99. The number of halogens is 1. The van der Waals surface area contributed by atoms with E-state index >= 15 is 0 Å². The third kappa shape index (κ3) is 2.52. The van der Waals surface area contributed by atoms with Crippen molar-refractivity contribution in [1.82, 2.24) is 19.9 Å². The van der Waals surface area contributed by atoms with E-state index < -0.39 is 17.0 Å². The SMILES string of the molecule is O=C(NC1CC1)c1c(=O)[nH]n2c(=O)cc(-c3cccc(Cl)c3)[nH]c12. The van der Waals surface area contributed by atoms with Gasteiger partial charge in [-0.15, -0.1) is 0 Å². The van der Waals surface area contributed by atoms with Gasteiger partial charge in [-0.2, -0.15) is 4.52 Å². The fourth-order valence-electron chi connectivity index (χ4n) is 2.58. The summed E-state index contributed by atoms with van der Waals surface area (Å²) in [5.74, 6) is -0.486. The lowest BCUT2D eigenvalue weighted by Crippen LogP contribution is -2.29. The molecule has 3 N–H and O–H groups in total. The van der Waals surface area contributed by atoms with Crippen molar-refractivity contribution in [2.75, 3.05) is 0 Å². The summed E-state index contributed by atoms with van der Waals surface area (Å²) in [5, 5.41) is 5.67. The van der Waals surface area contributed by atoms with Gasteiger partial charge in [-0.3, -0.25) is 19.5 Å². The minimum atomic E-state index is -0.607. The number of nitrogens with one attached hydrogen (secondary N) is 3. The summed E-state index contributed by atoms with van der Waals surface area (Å²) in [7, 11) is 0. The van der Waals surface area contributed by atoms with Gasteiger partial charge >= 0.3 is 0 Å². The Labute approximate surface area is 140 Å². The number of H-pyrrole nitrogens is 2. The zero-order valence-electron chi connectivity index (χ0n) is 12.4. The molecule has 122 valence electrons. The zero-order valence-corrected chi connectivity index (χ0v) is 13.2. The van der Waals surface area contributed by atoms with Gasteiger partial charge in [-0.25, -0.2) is 0 Å². The van der Waals surface area contributed by atoms with Gasteiger partial charge in [0.25, 0.3) is 17.0 Å². The summed E-state index contributed by atoms with van der Waals surface area (Å²) in [6.45, 7) is 0. The molecule has 8 heteroatoms. The molecule has 0 bridgehead atoms. The summed E-state index contributed by atoms with van der Waals surface area (Å²) in [5.41, 5.74) is 0.154. The fourth-order valence-corrected chi connectivity index (χ4v) is 2.77. The molecule has 7 nitrogen and oxygen atoms in total. The highest BCUT2D eigenvalue weighted by Crippen LogP contribution is 2.21. The van der Waals surface area contributed by atoms with E-state index in [1.807, 2.05) is 0 Å². The lowest BCUT2D eigenvalue weighted by molar-refractivity contribution is 0.0951. The smallest absolute Gasteiger partial charge is 0.279 e. The van der Waals surface area contributed by atoms with Crippen molar-refractivity contribution in [3.8, 4) is 11.3 Å². The van der Waals surface area contributed by atoms with Gasteiger partial charge in [-0.05, 0) is 30.5 Å². The average molecular weight is 345 g/mol. The van der Waals surface area contributed by atoms with Crippen LogP contribution < -0.4 is 16.4 Å². The second-order valence-electron chi connectivity index (χ2n) is 5.78. The molecule has 1 aromatic carbocycles. The number of hydrogen-bond acceptors (Lipinski definition) is 3. The Morgan fingerprint density at radius 1 is 1.25 bits per heavy atom. The predicted octanol–water partition coefficient (Wildman–Crippen LogP) is 1.53. The molecule has 0 aliphatic heterocycles. The van der Waals surface area contributed by atoms with E-state index in [1.165, 1.54) is 6.07 Å². The summed E-state index contributed by atoms with van der Waals surface area (Å²) < 4.78 is 1.04. The first-order valence-electron chi connectivity index (χ1n) is 7.48. The molecule has 2 aromatic heterocycles. The first kappa shape index (κ1) is 14.8. The molecule has 2 heterocycles. The van der Waals surface area contributed by atoms with Gasteiger partial charge in [0, 0.05) is 17.1 Å². The monoisotopic (exact) mass is 344 g/mol. The number of aromatic amines is 2. The third-order valence-corrected chi connectivity index (χ3v) is 4.15. The Bertz CT molecular complexity index is 1070. The van der Waals surface area contributed by atoms with Crippen LogP contribution in [0.2, 0.25) is 5.02 Å². The second-order valence-corrected chi connectivity index (χ2v) is 6.22. The van der Waals surface area contributed by atoms with E-state index in [4.69, 9.17) is 11.6 Å². The minimum Gasteiger partial charge on any atom is -0.349 e. The standard InChI is InChI=1S/C16H13ClN4O3/c17-9-3-1-2-8(6-9)11-7-12(22)21-14(19-11)13(16(24)20-21)15(23)18-10-4-5-10/h1-3,6-7,10,19H,4-5H2,(H,18,23)(H,20,24). The van der Waals surface area contributed by atoms with Crippen molar-refractivity contribution < 1.29 is 4.79 Å². The molecule has 4 rings (SSSR count). The lowest BCUT2D eigenvalue weighted by atomic mass is 10.1. The van der Waals surface area contributed by atoms with Crippen molar-refractivity contribution in [3.63, 3.8) is 0 Å². The molecule has 0 unspecified atom stereocenters. The van der Waals surface area contributed by atoms with Gasteiger partial charge in [0.2, 0.25) is 0 Å². The van der Waals surface area contributed by atoms with Crippen LogP contribution in [-0.2, 0) is 0 Å². The molecule has 24 heavy (non-hydrogen) atoms. The van der Waals surface area contributed by atoms with Crippen molar-refractivity contribution in [2.24, 2.45) is 0 Å². The molecule has 1 fully saturated rings. The molecule has 1 saturated carbocycles. The average Bonchev–Trinajstić information content (AvgIpc) is 3.27. The number of fused-ring (bicyclic) bond motifs is 1. The van der Waals surface area contributed by atoms with E-state index in [-0.39, 0.29) is 17.3 Å². The van der Waals surface area contributed by atoms with Crippen molar-refractivity contribution in [2.45, 2.75) is 18.9 Å². The zero-order chi connectivity index (χ0) is 16.8. The predicted molar refractivity (Wildman–Crippen MR) is 89.6 cm³/mol. The van der Waals surface area contributed by atoms with E-state index in [0.717, 1.165) is 17.4 Å². The van der Waals surface area contributed by atoms with Crippen LogP contribution in [0.1, 0.15) is 23.2 Å². The number of amides is 1. The highest BCUT2D eigenvalue weighted by Gasteiger charge is 2.27. The van der Waals surface area contributed by atoms with Crippen LogP contribution >= 0.6 is 11.6 Å². The molecule has 1 amide bonds. The Morgan fingerprint density at radius 3 is 2.75 bits per heavy atom.